The van der Waals surface area contributed by atoms with Gasteiger partial charge in [-0.15, -0.1) is 0 Å². The van der Waals surface area contributed by atoms with Crippen molar-refractivity contribution < 1.29 is 8.42 Å². The van der Waals surface area contributed by atoms with Gasteiger partial charge in [-0.3, -0.25) is 0 Å². The van der Waals surface area contributed by atoms with Crippen LogP contribution in [0.2, 0.25) is 0 Å². The number of aromatic nitrogens is 2. The van der Waals surface area contributed by atoms with Crippen LogP contribution >= 0.6 is 0 Å². The highest BCUT2D eigenvalue weighted by Gasteiger charge is 2.32. The van der Waals surface area contributed by atoms with Gasteiger partial charge in [0.1, 0.15) is 0 Å². The van der Waals surface area contributed by atoms with Crippen molar-refractivity contribution in [1.29, 1.82) is 0 Å². The second kappa shape index (κ2) is 6.89. The molecule has 1 aromatic rings. The van der Waals surface area contributed by atoms with Gasteiger partial charge in [0.25, 0.3) is 10.2 Å². The summed E-state index contributed by atoms with van der Waals surface area (Å²) >= 11 is 0. The normalized spacial score (nSPS) is 22.5. The average Bonchev–Trinajstić information content (AvgIpc) is 2.86. The summed E-state index contributed by atoms with van der Waals surface area (Å²) in [5, 5.41) is 0. The van der Waals surface area contributed by atoms with E-state index in [-0.39, 0.29) is 0 Å². The predicted octanol–water partition coefficient (Wildman–Crippen LogP) is 0.719. The number of nitrogens with zero attached hydrogens (tertiary/aromatic N) is 5. The third-order valence-electron chi connectivity index (χ3n) is 4.29. The largest absolute Gasteiger partial charge is 0.338 e. The molecule has 0 bridgehead atoms. The number of anilines is 1. The Balaban J connectivity index is 1.62. The molecule has 0 unspecified atom stereocenters. The molecule has 0 aromatic carbocycles. The highest BCUT2D eigenvalue weighted by molar-refractivity contribution is 7.86. The van der Waals surface area contributed by atoms with Crippen LogP contribution in [0, 0.1) is 0 Å². The maximum Gasteiger partial charge on any atom is 0.282 e. The molecule has 2 fully saturated rings. The highest BCUT2D eigenvalue weighted by Crippen LogP contribution is 2.19. The Kier molecular flexibility index (Phi) is 4.90. The molecule has 0 aliphatic carbocycles. The summed E-state index contributed by atoms with van der Waals surface area (Å²) in [5.41, 5.74) is 0. The minimum atomic E-state index is -3.31. The summed E-state index contributed by atoms with van der Waals surface area (Å²) in [6.45, 7) is 3.58. The quantitative estimate of drug-likeness (QED) is 0.819. The maximum absolute atomic E-state index is 12.7. The third-order valence-corrected chi connectivity index (χ3v) is 6.33. The fraction of sp³-hybridized carbons (Fsp3) is 0.714. The first-order valence-corrected chi connectivity index (χ1v) is 9.35. The van der Waals surface area contributed by atoms with Crippen molar-refractivity contribution in [3.05, 3.63) is 18.5 Å². The SMILES string of the molecule is O=S(=O)(N1CCCCCC1)N1CCN(c2ncccn2)CC1. The summed E-state index contributed by atoms with van der Waals surface area (Å²) in [7, 11) is -3.31. The van der Waals surface area contributed by atoms with E-state index in [4.69, 9.17) is 0 Å². The van der Waals surface area contributed by atoms with Gasteiger partial charge in [-0.25, -0.2) is 9.97 Å². The van der Waals surface area contributed by atoms with Gasteiger partial charge in [0.15, 0.2) is 0 Å². The van der Waals surface area contributed by atoms with E-state index in [0.29, 0.717) is 45.2 Å². The van der Waals surface area contributed by atoms with Crippen molar-refractivity contribution >= 4 is 16.2 Å². The smallest absolute Gasteiger partial charge is 0.282 e. The lowest BCUT2D eigenvalue weighted by atomic mass is 10.2. The lowest BCUT2D eigenvalue weighted by Crippen LogP contribution is -2.53. The number of hydrogen-bond acceptors (Lipinski definition) is 5. The van der Waals surface area contributed by atoms with Gasteiger partial charge in [-0.2, -0.15) is 17.0 Å². The van der Waals surface area contributed by atoms with Gasteiger partial charge in [-0.1, -0.05) is 12.8 Å². The molecule has 0 saturated carbocycles. The molecule has 2 aliphatic heterocycles. The zero-order valence-corrected chi connectivity index (χ0v) is 13.6. The summed E-state index contributed by atoms with van der Waals surface area (Å²) in [6, 6.07) is 1.78. The Bertz CT molecular complexity index is 564. The van der Waals surface area contributed by atoms with Crippen molar-refractivity contribution in [3.8, 4) is 0 Å². The minimum absolute atomic E-state index is 0.497. The van der Waals surface area contributed by atoms with Gasteiger partial charge >= 0.3 is 0 Å². The lowest BCUT2D eigenvalue weighted by Gasteiger charge is -2.36. The summed E-state index contributed by atoms with van der Waals surface area (Å²) < 4.78 is 28.7. The summed E-state index contributed by atoms with van der Waals surface area (Å²) in [4.78, 5) is 10.5. The van der Waals surface area contributed by atoms with E-state index in [1.165, 1.54) is 0 Å². The molecule has 0 radical (unpaired) electrons. The van der Waals surface area contributed by atoms with Crippen molar-refractivity contribution in [3.63, 3.8) is 0 Å². The van der Waals surface area contributed by atoms with Crippen molar-refractivity contribution in [2.75, 3.05) is 44.2 Å². The van der Waals surface area contributed by atoms with Crippen LogP contribution in [0.5, 0.6) is 0 Å². The zero-order valence-electron chi connectivity index (χ0n) is 12.8. The minimum Gasteiger partial charge on any atom is -0.338 e. The van der Waals surface area contributed by atoms with E-state index in [1.807, 2.05) is 4.90 Å². The lowest BCUT2D eigenvalue weighted by molar-refractivity contribution is 0.326. The molecule has 1 aromatic heterocycles. The zero-order chi connectivity index (χ0) is 15.4. The van der Waals surface area contributed by atoms with Crippen molar-refractivity contribution in [2.45, 2.75) is 25.7 Å². The third kappa shape index (κ3) is 3.39. The molecule has 2 aliphatic rings. The molecule has 122 valence electrons. The number of rotatable bonds is 3. The fourth-order valence-electron chi connectivity index (χ4n) is 3.01. The van der Waals surface area contributed by atoms with Gasteiger partial charge < -0.3 is 4.90 Å². The Morgan fingerprint density at radius 2 is 1.32 bits per heavy atom. The van der Waals surface area contributed by atoms with E-state index in [0.717, 1.165) is 25.7 Å². The molecule has 3 heterocycles. The van der Waals surface area contributed by atoms with Crippen LogP contribution in [0.25, 0.3) is 0 Å². The molecule has 0 atom stereocenters. The Morgan fingerprint density at radius 1 is 0.773 bits per heavy atom. The number of piperazine rings is 1. The molecule has 8 heteroatoms. The van der Waals surface area contributed by atoms with Gasteiger partial charge in [0.05, 0.1) is 0 Å². The molecule has 7 nitrogen and oxygen atoms in total. The van der Waals surface area contributed by atoms with Crippen molar-refractivity contribution in [1.82, 2.24) is 18.6 Å². The van der Waals surface area contributed by atoms with Crippen LogP contribution < -0.4 is 4.90 Å². The molecule has 22 heavy (non-hydrogen) atoms. The van der Waals surface area contributed by atoms with E-state index in [2.05, 4.69) is 9.97 Å². The molecule has 0 spiro atoms. The maximum atomic E-state index is 12.7. The van der Waals surface area contributed by atoms with Crippen LogP contribution in [0.3, 0.4) is 0 Å². The number of hydrogen-bond donors (Lipinski definition) is 0. The first kappa shape index (κ1) is 15.6. The molecular formula is C14H23N5O2S. The van der Waals surface area contributed by atoms with Crippen LogP contribution in [-0.4, -0.2) is 66.3 Å². The highest BCUT2D eigenvalue weighted by atomic mass is 32.2. The monoisotopic (exact) mass is 325 g/mol. The average molecular weight is 325 g/mol. The topological polar surface area (TPSA) is 69.6 Å². The summed E-state index contributed by atoms with van der Waals surface area (Å²) in [5.74, 6) is 0.675. The van der Waals surface area contributed by atoms with E-state index in [1.54, 1.807) is 27.1 Å². The second-order valence-corrected chi connectivity index (χ2v) is 7.68. The first-order valence-electron chi connectivity index (χ1n) is 7.95. The van der Waals surface area contributed by atoms with Gasteiger partial charge in [0.2, 0.25) is 5.95 Å². The van der Waals surface area contributed by atoms with Crippen molar-refractivity contribution in [2.24, 2.45) is 0 Å². The van der Waals surface area contributed by atoms with Gasteiger partial charge in [-0.05, 0) is 18.9 Å². The van der Waals surface area contributed by atoms with Gasteiger partial charge in [0, 0.05) is 51.7 Å². The molecule has 3 rings (SSSR count). The second-order valence-electron chi connectivity index (χ2n) is 5.76. The van der Waals surface area contributed by atoms with Crippen LogP contribution in [0.4, 0.5) is 5.95 Å². The Hall–Kier alpha value is -1.25. The van der Waals surface area contributed by atoms with E-state index in [9.17, 15) is 8.42 Å². The Morgan fingerprint density at radius 3 is 1.91 bits per heavy atom. The first-order chi connectivity index (χ1) is 10.7. The predicted molar refractivity (Wildman–Crippen MR) is 84.8 cm³/mol. The van der Waals surface area contributed by atoms with E-state index < -0.39 is 10.2 Å². The van der Waals surface area contributed by atoms with Crippen LogP contribution in [-0.2, 0) is 10.2 Å². The standard InChI is InChI=1S/C14H23N5O2S/c20-22(21,18-8-3-1-2-4-9-18)19-12-10-17(11-13-19)14-15-6-5-7-16-14/h5-7H,1-4,8-13H2. The summed E-state index contributed by atoms with van der Waals surface area (Å²) in [6.07, 6.45) is 7.62. The van der Waals surface area contributed by atoms with Crippen LogP contribution in [0.15, 0.2) is 18.5 Å². The van der Waals surface area contributed by atoms with E-state index >= 15 is 0 Å². The van der Waals surface area contributed by atoms with Crippen LogP contribution in [0.1, 0.15) is 25.7 Å². The molecule has 0 amide bonds. The molecule has 2 saturated heterocycles. The Labute approximate surface area is 132 Å². The molecular weight excluding hydrogens is 302 g/mol. The fourth-order valence-corrected chi connectivity index (χ4v) is 4.68. The molecule has 0 N–H and O–H groups in total.